The number of nitrogens with one attached hydrogen (secondary N) is 1. The Bertz CT molecular complexity index is 762. The van der Waals surface area contributed by atoms with Crippen LogP contribution in [0.2, 0.25) is 0 Å². The van der Waals surface area contributed by atoms with Crippen LogP contribution in [0.15, 0.2) is 71.4 Å². The molecule has 4 rings (SSSR count). The minimum Gasteiger partial charge on any atom is -0.492 e. The van der Waals surface area contributed by atoms with E-state index in [9.17, 15) is 0 Å². The van der Waals surface area contributed by atoms with Gasteiger partial charge >= 0.3 is 0 Å². The van der Waals surface area contributed by atoms with Crippen LogP contribution < -0.4 is 10.1 Å². The molecule has 0 bridgehead atoms. The van der Waals surface area contributed by atoms with E-state index in [1.54, 1.807) is 11.3 Å². The molecule has 1 aromatic heterocycles. The van der Waals surface area contributed by atoms with Crippen LogP contribution in [0.3, 0.4) is 0 Å². The lowest BCUT2D eigenvalue weighted by Gasteiger charge is -2.18. The highest BCUT2D eigenvalue weighted by molar-refractivity contribution is 7.08. The molecule has 2 atom stereocenters. The van der Waals surface area contributed by atoms with E-state index in [4.69, 9.17) is 4.74 Å². The van der Waals surface area contributed by atoms with Crippen LogP contribution in [-0.2, 0) is 0 Å². The predicted octanol–water partition coefficient (Wildman–Crippen LogP) is 5.06. The lowest BCUT2D eigenvalue weighted by molar-refractivity contribution is 0.277. The van der Waals surface area contributed by atoms with Gasteiger partial charge in [0.2, 0.25) is 0 Å². The number of thiophene rings is 1. The highest BCUT2D eigenvalue weighted by Crippen LogP contribution is 2.33. The summed E-state index contributed by atoms with van der Waals surface area (Å²) in [6.07, 6.45) is 2.47. The Balaban J connectivity index is 1.53. The average molecular weight is 349 g/mol. The van der Waals surface area contributed by atoms with E-state index >= 15 is 0 Å². The number of rotatable bonds is 6. The molecule has 0 aliphatic carbocycles. The Labute approximate surface area is 153 Å². The molecule has 2 aromatic carbocycles. The lowest BCUT2D eigenvalue weighted by Crippen LogP contribution is -2.28. The van der Waals surface area contributed by atoms with E-state index in [-0.39, 0.29) is 5.92 Å². The van der Waals surface area contributed by atoms with Crippen molar-refractivity contribution in [1.82, 2.24) is 5.32 Å². The van der Waals surface area contributed by atoms with Gasteiger partial charge in [0.15, 0.2) is 0 Å². The molecule has 25 heavy (non-hydrogen) atoms. The molecule has 2 nitrogen and oxygen atoms in total. The van der Waals surface area contributed by atoms with Gasteiger partial charge in [0, 0.05) is 12.0 Å². The maximum absolute atomic E-state index is 5.96. The molecule has 0 spiro atoms. The average Bonchev–Trinajstić information content (AvgIpc) is 3.36. The molecule has 0 saturated carbocycles. The van der Waals surface area contributed by atoms with E-state index in [1.807, 2.05) is 0 Å². The third-order valence-electron chi connectivity index (χ3n) is 4.84. The Hall–Kier alpha value is -2.10. The third kappa shape index (κ3) is 3.94. The van der Waals surface area contributed by atoms with Crippen molar-refractivity contribution in [2.45, 2.75) is 24.8 Å². The minimum absolute atomic E-state index is 0.276. The molecule has 3 heteroatoms. The monoisotopic (exact) mass is 349 g/mol. The molecule has 3 aromatic rings. The fraction of sp³-hybridized carbons (Fsp3) is 0.273. The molecule has 1 N–H and O–H groups in total. The number of ether oxygens (including phenoxy) is 1. The summed E-state index contributed by atoms with van der Waals surface area (Å²) in [5, 5.41) is 7.87. The van der Waals surface area contributed by atoms with Crippen molar-refractivity contribution in [3.8, 4) is 5.75 Å². The topological polar surface area (TPSA) is 21.3 Å². The van der Waals surface area contributed by atoms with Gasteiger partial charge in [-0.1, -0.05) is 42.5 Å². The van der Waals surface area contributed by atoms with Gasteiger partial charge in [0.05, 0.1) is 0 Å². The van der Waals surface area contributed by atoms with Crippen LogP contribution in [0.4, 0.5) is 0 Å². The lowest BCUT2D eigenvalue weighted by atomic mass is 9.87. The van der Waals surface area contributed by atoms with Gasteiger partial charge < -0.3 is 10.1 Å². The first-order chi connectivity index (χ1) is 12.4. The fourth-order valence-corrected chi connectivity index (χ4v) is 4.20. The van der Waals surface area contributed by atoms with Crippen LogP contribution in [-0.4, -0.2) is 19.2 Å². The fourth-order valence-electron chi connectivity index (χ4n) is 3.51. The van der Waals surface area contributed by atoms with Gasteiger partial charge in [-0.3, -0.25) is 0 Å². The standard InChI is InChI=1S/C22H23NOS/c1-2-5-17(6-3-1)22(19-12-14-25-16-19)18-8-10-21(11-9-18)24-15-20-7-4-13-23-20/h1-3,5-6,8-12,14,16,20,22-23H,4,7,13,15H2/t20-,22?/m1/s1. The second-order valence-corrected chi connectivity index (χ2v) is 7.35. The molecule has 2 heterocycles. The molecule has 0 radical (unpaired) electrons. The van der Waals surface area contributed by atoms with Crippen molar-refractivity contribution in [3.05, 3.63) is 88.1 Å². The van der Waals surface area contributed by atoms with Crippen LogP contribution in [0, 0.1) is 0 Å². The molecule has 1 saturated heterocycles. The SMILES string of the molecule is c1ccc(C(c2ccc(OC[C@H]3CCCN3)cc2)c2ccsc2)cc1. The maximum atomic E-state index is 5.96. The summed E-state index contributed by atoms with van der Waals surface area (Å²) in [7, 11) is 0. The van der Waals surface area contributed by atoms with Crippen LogP contribution in [0.5, 0.6) is 5.75 Å². The van der Waals surface area contributed by atoms with E-state index in [1.165, 1.54) is 29.5 Å². The molecule has 1 aliphatic heterocycles. The van der Waals surface area contributed by atoms with Crippen molar-refractivity contribution in [2.75, 3.05) is 13.2 Å². The highest BCUT2D eigenvalue weighted by Gasteiger charge is 2.18. The van der Waals surface area contributed by atoms with Gasteiger partial charge in [-0.2, -0.15) is 11.3 Å². The second-order valence-electron chi connectivity index (χ2n) is 6.57. The summed E-state index contributed by atoms with van der Waals surface area (Å²) in [6.45, 7) is 1.87. The smallest absolute Gasteiger partial charge is 0.119 e. The molecule has 1 unspecified atom stereocenters. The Morgan fingerprint density at radius 3 is 2.44 bits per heavy atom. The zero-order chi connectivity index (χ0) is 16.9. The van der Waals surface area contributed by atoms with E-state index in [0.717, 1.165) is 18.9 Å². The van der Waals surface area contributed by atoms with Crippen molar-refractivity contribution in [1.29, 1.82) is 0 Å². The van der Waals surface area contributed by atoms with Crippen molar-refractivity contribution >= 4 is 11.3 Å². The van der Waals surface area contributed by atoms with Gasteiger partial charge in [-0.05, 0) is 65.0 Å². The molecule has 0 amide bonds. The van der Waals surface area contributed by atoms with Gasteiger partial charge in [0.25, 0.3) is 0 Å². The third-order valence-corrected chi connectivity index (χ3v) is 5.54. The van der Waals surface area contributed by atoms with Crippen LogP contribution in [0.25, 0.3) is 0 Å². The molecule has 1 fully saturated rings. The summed E-state index contributed by atoms with van der Waals surface area (Å²) in [6, 6.07) is 22.0. The second kappa shape index (κ2) is 7.85. The molecular weight excluding hydrogens is 326 g/mol. The van der Waals surface area contributed by atoms with Crippen molar-refractivity contribution < 1.29 is 4.74 Å². The first kappa shape index (κ1) is 16.4. The van der Waals surface area contributed by atoms with E-state index in [2.05, 4.69) is 76.7 Å². The van der Waals surface area contributed by atoms with Gasteiger partial charge in [-0.15, -0.1) is 0 Å². The van der Waals surface area contributed by atoms with E-state index < -0.39 is 0 Å². The zero-order valence-corrected chi connectivity index (χ0v) is 15.0. The van der Waals surface area contributed by atoms with Crippen LogP contribution in [0.1, 0.15) is 35.4 Å². The highest BCUT2D eigenvalue weighted by atomic mass is 32.1. The first-order valence-corrected chi connectivity index (χ1v) is 9.87. The zero-order valence-electron chi connectivity index (χ0n) is 14.2. The summed E-state index contributed by atoms with van der Waals surface area (Å²) in [4.78, 5) is 0. The maximum Gasteiger partial charge on any atom is 0.119 e. The van der Waals surface area contributed by atoms with E-state index in [0.29, 0.717) is 6.04 Å². The first-order valence-electron chi connectivity index (χ1n) is 8.93. The Morgan fingerprint density at radius 2 is 1.76 bits per heavy atom. The number of hydrogen-bond donors (Lipinski definition) is 1. The molecular formula is C22H23NOS. The largest absolute Gasteiger partial charge is 0.492 e. The minimum atomic E-state index is 0.276. The summed E-state index contributed by atoms with van der Waals surface area (Å²) in [5.41, 5.74) is 3.97. The van der Waals surface area contributed by atoms with Crippen LogP contribution >= 0.6 is 11.3 Å². The normalized spacial score (nSPS) is 18.2. The summed E-state index contributed by atoms with van der Waals surface area (Å²) >= 11 is 1.75. The Kier molecular flexibility index (Phi) is 5.14. The predicted molar refractivity (Wildman–Crippen MR) is 105 cm³/mol. The quantitative estimate of drug-likeness (QED) is 0.672. The summed E-state index contributed by atoms with van der Waals surface area (Å²) < 4.78 is 5.96. The Morgan fingerprint density at radius 1 is 0.960 bits per heavy atom. The van der Waals surface area contributed by atoms with Crippen molar-refractivity contribution in [2.24, 2.45) is 0 Å². The molecule has 128 valence electrons. The van der Waals surface area contributed by atoms with Gasteiger partial charge in [0.1, 0.15) is 12.4 Å². The van der Waals surface area contributed by atoms with Crippen molar-refractivity contribution in [3.63, 3.8) is 0 Å². The van der Waals surface area contributed by atoms with Gasteiger partial charge in [-0.25, -0.2) is 0 Å². The number of benzene rings is 2. The molecule has 1 aliphatic rings. The summed E-state index contributed by atoms with van der Waals surface area (Å²) in [5.74, 6) is 1.23. The number of hydrogen-bond acceptors (Lipinski definition) is 3.